The quantitative estimate of drug-likeness (QED) is 0.443. The Morgan fingerprint density at radius 1 is 0.969 bits per heavy atom. The Kier molecular flexibility index (Phi) is 9.15. The smallest absolute Gasteiger partial charge is 0.193 e. The number of rotatable bonds is 9. The molecule has 4 rings (SSSR count). The molecule has 3 aromatic rings. The average molecular weight is 458 g/mol. The predicted octanol–water partition coefficient (Wildman–Crippen LogP) is 5.28. The summed E-state index contributed by atoms with van der Waals surface area (Å²) in [7, 11) is 0. The third-order valence-corrected chi connectivity index (χ3v) is 5.95. The number of nitrogens with zero attached hydrogens (tertiary/aromatic N) is 1. The van der Waals surface area contributed by atoms with Crippen LogP contribution in [0.5, 0.6) is 5.75 Å². The van der Waals surface area contributed by atoms with Gasteiger partial charge in [-0.2, -0.15) is 0 Å². The molecule has 2 aromatic carbocycles. The fourth-order valence-corrected chi connectivity index (χ4v) is 4.09. The fourth-order valence-electron chi connectivity index (χ4n) is 4.09. The highest BCUT2D eigenvalue weighted by Crippen LogP contribution is 2.24. The van der Waals surface area contributed by atoms with Crippen LogP contribution in [-0.4, -0.2) is 42.4 Å². The summed E-state index contributed by atoms with van der Waals surface area (Å²) in [5.41, 5.74) is 1.40. The topological polar surface area (TPSA) is 62.9 Å². The SMILES string of the molecule is Cl.O=c1cc(-c2ccccc2)oc2ccc(OCCCCCCN3CCC(O)CC3)cc12. The molecule has 0 radical (unpaired) electrons. The van der Waals surface area contributed by atoms with Gasteiger partial charge in [-0.15, -0.1) is 12.4 Å². The Balaban J connectivity index is 0.00000289. The number of hydrogen-bond acceptors (Lipinski definition) is 5. The summed E-state index contributed by atoms with van der Waals surface area (Å²) in [6.45, 7) is 3.81. The van der Waals surface area contributed by atoms with E-state index in [2.05, 4.69) is 4.90 Å². The lowest BCUT2D eigenvalue weighted by Gasteiger charge is -2.29. The van der Waals surface area contributed by atoms with Gasteiger partial charge in [0.2, 0.25) is 0 Å². The minimum Gasteiger partial charge on any atom is -0.494 e. The molecule has 0 amide bonds. The normalized spacial score (nSPS) is 14.9. The number of aliphatic hydroxyl groups is 1. The molecule has 0 saturated carbocycles. The van der Waals surface area contributed by atoms with Gasteiger partial charge in [0.25, 0.3) is 0 Å². The zero-order valence-corrected chi connectivity index (χ0v) is 19.2. The van der Waals surface area contributed by atoms with Crippen molar-refractivity contribution in [3.8, 4) is 17.1 Å². The van der Waals surface area contributed by atoms with Crippen molar-refractivity contribution in [1.29, 1.82) is 0 Å². The molecule has 6 heteroatoms. The fraction of sp³-hybridized carbons (Fsp3) is 0.423. The minimum absolute atomic E-state index is 0. The summed E-state index contributed by atoms with van der Waals surface area (Å²) in [5, 5.41) is 10.1. The lowest BCUT2D eigenvalue weighted by Crippen LogP contribution is -2.36. The lowest BCUT2D eigenvalue weighted by molar-refractivity contribution is 0.0817. The second kappa shape index (κ2) is 12.0. The maximum Gasteiger partial charge on any atom is 0.193 e. The van der Waals surface area contributed by atoms with Gasteiger partial charge in [-0.05, 0) is 50.4 Å². The molecule has 2 heterocycles. The van der Waals surface area contributed by atoms with Crippen molar-refractivity contribution in [3.05, 3.63) is 64.8 Å². The molecule has 0 atom stereocenters. The molecule has 0 unspecified atom stereocenters. The van der Waals surface area contributed by atoms with E-state index in [1.807, 2.05) is 42.5 Å². The molecule has 1 aliphatic heterocycles. The lowest BCUT2D eigenvalue weighted by atomic mass is 10.1. The number of benzene rings is 2. The van der Waals surface area contributed by atoms with E-state index in [-0.39, 0.29) is 23.9 Å². The molecule has 32 heavy (non-hydrogen) atoms. The average Bonchev–Trinajstić information content (AvgIpc) is 2.80. The standard InChI is InChI=1S/C26H31NO4.ClH/c28-21-12-15-27(16-13-21)14-6-1-2-7-17-30-22-10-11-25-23(18-22)24(29)19-26(31-25)20-8-4-3-5-9-20;/h3-5,8-11,18-19,21,28H,1-2,6-7,12-17H2;1H. The van der Waals surface area contributed by atoms with Crippen LogP contribution in [0.15, 0.2) is 63.8 Å². The number of aliphatic hydroxyl groups excluding tert-OH is 1. The number of likely N-dealkylation sites (tertiary alicyclic amines) is 1. The second-order valence-corrected chi connectivity index (χ2v) is 8.33. The molecule has 172 valence electrons. The molecule has 1 fully saturated rings. The van der Waals surface area contributed by atoms with E-state index in [1.165, 1.54) is 12.8 Å². The maximum atomic E-state index is 12.6. The third-order valence-electron chi connectivity index (χ3n) is 5.95. The molecule has 0 bridgehead atoms. The van der Waals surface area contributed by atoms with Crippen LogP contribution in [0.25, 0.3) is 22.3 Å². The third kappa shape index (κ3) is 6.58. The van der Waals surface area contributed by atoms with Gasteiger partial charge >= 0.3 is 0 Å². The largest absolute Gasteiger partial charge is 0.494 e. The molecule has 1 aromatic heterocycles. The zero-order chi connectivity index (χ0) is 21.5. The first-order chi connectivity index (χ1) is 15.2. The van der Waals surface area contributed by atoms with Crippen LogP contribution >= 0.6 is 12.4 Å². The summed E-state index contributed by atoms with van der Waals surface area (Å²) < 4.78 is 11.8. The van der Waals surface area contributed by atoms with Gasteiger partial charge < -0.3 is 19.2 Å². The number of piperidine rings is 1. The monoisotopic (exact) mass is 457 g/mol. The van der Waals surface area contributed by atoms with E-state index < -0.39 is 0 Å². The van der Waals surface area contributed by atoms with Crippen LogP contribution in [0.2, 0.25) is 0 Å². The summed E-state index contributed by atoms with van der Waals surface area (Å²) >= 11 is 0. The van der Waals surface area contributed by atoms with Gasteiger partial charge in [0.15, 0.2) is 5.43 Å². The van der Waals surface area contributed by atoms with Crippen LogP contribution in [-0.2, 0) is 0 Å². The van der Waals surface area contributed by atoms with E-state index in [4.69, 9.17) is 9.15 Å². The Labute approximate surface area is 195 Å². The number of unbranched alkanes of at least 4 members (excludes halogenated alkanes) is 3. The van der Waals surface area contributed by atoms with Gasteiger partial charge in [-0.3, -0.25) is 4.79 Å². The van der Waals surface area contributed by atoms with Gasteiger partial charge in [0.05, 0.1) is 18.1 Å². The van der Waals surface area contributed by atoms with Crippen LogP contribution in [0, 0.1) is 0 Å². The first-order valence-electron chi connectivity index (χ1n) is 11.4. The molecule has 1 aliphatic rings. The van der Waals surface area contributed by atoms with Crippen molar-refractivity contribution < 1.29 is 14.3 Å². The van der Waals surface area contributed by atoms with Crippen molar-refractivity contribution in [1.82, 2.24) is 4.90 Å². The van der Waals surface area contributed by atoms with Gasteiger partial charge in [0.1, 0.15) is 17.1 Å². The number of ether oxygens (including phenoxy) is 1. The first kappa shape index (κ1) is 24.3. The highest BCUT2D eigenvalue weighted by atomic mass is 35.5. The highest BCUT2D eigenvalue weighted by molar-refractivity contribution is 5.85. The molecule has 1 saturated heterocycles. The molecule has 5 nitrogen and oxygen atoms in total. The highest BCUT2D eigenvalue weighted by Gasteiger charge is 2.15. The Hall–Kier alpha value is -2.34. The number of halogens is 1. The zero-order valence-electron chi connectivity index (χ0n) is 18.4. The van der Waals surface area contributed by atoms with Crippen molar-refractivity contribution >= 4 is 23.4 Å². The van der Waals surface area contributed by atoms with Crippen LogP contribution in [0.1, 0.15) is 38.5 Å². The molecule has 0 spiro atoms. The van der Waals surface area contributed by atoms with Crippen molar-refractivity contribution in [2.45, 2.75) is 44.6 Å². The first-order valence-corrected chi connectivity index (χ1v) is 11.4. The van der Waals surface area contributed by atoms with Gasteiger partial charge in [0, 0.05) is 24.7 Å². The van der Waals surface area contributed by atoms with E-state index in [9.17, 15) is 9.90 Å². The number of fused-ring (bicyclic) bond motifs is 1. The van der Waals surface area contributed by atoms with Crippen LogP contribution < -0.4 is 10.2 Å². The van der Waals surface area contributed by atoms with Crippen molar-refractivity contribution in [2.75, 3.05) is 26.2 Å². The Bertz CT molecular complexity index is 1030. The molecule has 1 N–H and O–H groups in total. The Morgan fingerprint density at radius 2 is 1.72 bits per heavy atom. The van der Waals surface area contributed by atoms with Crippen molar-refractivity contribution in [2.24, 2.45) is 0 Å². The summed E-state index contributed by atoms with van der Waals surface area (Å²) in [4.78, 5) is 15.0. The minimum atomic E-state index is -0.0965. The van der Waals surface area contributed by atoms with Crippen LogP contribution in [0.4, 0.5) is 0 Å². The van der Waals surface area contributed by atoms with E-state index in [0.29, 0.717) is 29.1 Å². The predicted molar refractivity (Wildman–Crippen MR) is 131 cm³/mol. The maximum absolute atomic E-state index is 12.6. The molecular weight excluding hydrogens is 426 g/mol. The summed E-state index contributed by atoms with van der Waals surface area (Å²) in [6, 6.07) is 16.7. The number of hydrogen-bond donors (Lipinski definition) is 1. The molecule has 0 aliphatic carbocycles. The van der Waals surface area contributed by atoms with E-state index >= 15 is 0 Å². The van der Waals surface area contributed by atoms with Gasteiger partial charge in [-0.1, -0.05) is 43.2 Å². The van der Waals surface area contributed by atoms with E-state index in [0.717, 1.165) is 50.9 Å². The summed E-state index contributed by atoms with van der Waals surface area (Å²) in [6.07, 6.45) is 6.23. The second-order valence-electron chi connectivity index (χ2n) is 8.33. The summed E-state index contributed by atoms with van der Waals surface area (Å²) in [5.74, 6) is 1.28. The van der Waals surface area contributed by atoms with Crippen molar-refractivity contribution in [3.63, 3.8) is 0 Å². The van der Waals surface area contributed by atoms with Gasteiger partial charge in [-0.25, -0.2) is 0 Å². The van der Waals surface area contributed by atoms with E-state index in [1.54, 1.807) is 12.1 Å². The Morgan fingerprint density at radius 3 is 2.50 bits per heavy atom. The molecular formula is C26H32ClNO4. The van der Waals surface area contributed by atoms with Crippen LogP contribution in [0.3, 0.4) is 0 Å².